The molecule has 2 nitrogen and oxygen atoms in total. The molecule has 2 aromatic rings. The van der Waals surface area contributed by atoms with Crippen LogP contribution in [0.15, 0.2) is 12.1 Å². The normalized spacial score (nSPS) is 13.9. The van der Waals surface area contributed by atoms with Crippen molar-refractivity contribution >= 4 is 34.2 Å². The van der Waals surface area contributed by atoms with Gasteiger partial charge in [-0.1, -0.05) is 11.6 Å². The minimum atomic E-state index is -4.22. The maximum absolute atomic E-state index is 13.4. The van der Waals surface area contributed by atoms with Gasteiger partial charge in [0.15, 0.2) is 0 Å². The van der Waals surface area contributed by atoms with Gasteiger partial charge in [-0.15, -0.1) is 11.6 Å². The third-order valence-electron chi connectivity index (χ3n) is 3.02. The van der Waals surface area contributed by atoms with E-state index >= 15 is 0 Å². The van der Waals surface area contributed by atoms with Crippen molar-refractivity contribution in [3.63, 3.8) is 0 Å². The Morgan fingerprint density at radius 2 is 2.00 bits per heavy atom. The molecular weight excluding hydrogens is 331 g/mol. The summed E-state index contributed by atoms with van der Waals surface area (Å²) in [6.45, 7) is 1.74. The quantitative estimate of drug-likeness (QED) is 0.532. The number of nitrogens with zero attached hydrogens (tertiary/aromatic N) is 2. The van der Waals surface area contributed by atoms with Crippen LogP contribution in [-0.2, 0) is 6.54 Å². The van der Waals surface area contributed by atoms with Crippen LogP contribution in [0.4, 0.5) is 17.6 Å². The number of aromatic nitrogens is 2. The minimum Gasteiger partial charge on any atom is -0.327 e. The monoisotopic (exact) mass is 342 g/mol. The van der Waals surface area contributed by atoms with E-state index in [1.54, 1.807) is 11.5 Å². The van der Waals surface area contributed by atoms with Gasteiger partial charge in [0.25, 0.3) is 0 Å². The first-order valence-corrected chi connectivity index (χ1v) is 7.06. The van der Waals surface area contributed by atoms with Crippen molar-refractivity contribution in [3.8, 4) is 0 Å². The smallest absolute Gasteiger partial charge is 0.327 e. The van der Waals surface area contributed by atoms with Crippen LogP contribution in [0.25, 0.3) is 11.0 Å². The average Bonchev–Trinajstić information content (AvgIpc) is 2.67. The average molecular weight is 343 g/mol. The third-order valence-corrected chi connectivity index (χ3v) is 3.50. The molecule has 8 heteroatoms. The Hall–Kier alpha value is -1.01. The van der Waals surface area contributed by atoms with Crippen molar-refractivity contribution in [2.75, 3.05) is 0 Å². The van der Waals surface area contributed by atoms with Crippen LogP contribution in [0.3, 0.4) is 0 Å². The number of halogens is 6. The molecule has 0 aliphatic rings. The molecule has 0 fully saturated rings. The summed E-state index contributed by atoms with van der Waals surface area (Å²) in [6, 6.07) is 2.51. The number of benzene rings is 1. The van der Waals surface area contributed by atoms with Crippen LogP contribution in [0, 0.1) is 5.82 Å². The molecule has 1 atom stereocenters. The zero-order valence-corrected chi connectivity index (χ0v) is 12.5. The van der Waals surface area contributed by atoms with Crippen LogP contribution >= 0.6 is 23.2 Å². The van der Waals surface area contributed by atoms with E-state index in [0.29, 0.717) is 16.9 Å². The number of fused-ring (bicyclic) bond motifs is 1. The van der Waals surface area contributed by atoms with Crippen LogP contribution in [0.5, 0.6) is 0 Å². The maximum atomic E-state index is 13.4. The topological polar surface area (TPSA) is 17.8 Å². The van der Waals surface area contributed by atoms with Crippen molar-refractivity contribution in [2.45, 2.75) is 37.9 Å². The lowest BCUT2D eigenvalue weighted by Crippen LogP contribution is -2.11. The molecule has 2 rings (SSSR count). The van der Waals surface area contributed by atoms with Gasteiger partial charge in [0.2, 0.25) is 0 Å². The molecule has 1 heterocycles. The molecule has 0 saturated heterocycles. The van der Waals surface area contributed by atoms with Crippen molar-refractivity contribution in [1.82, 2.24) is 9.55 Å². The van der Waals surface area contributed by atoms with Gasteiger partial charge in [-0.2, -0.15) is 13.2 Å². The fraction of sp³-hybridized carbons (Fsp3) is 0.462. The number of aryl methyl sites for hydroxylation is 1. The van der Waals surface area contributed by atoms with Crippen molar-refractivity contribution in [1.29, 1.82) is 0 Å². The highest BCUT2D eigenvalue weighted by atomic mass is 35.5. The molecule has 0 saturated carbocycles. The standard InChI is InChI=1S/C13H12Cl2F4N2/c1-7(14)12-20-10-6-9(16)8(15)5-11(10)21(12)4-2-3-13(17,18)19/h5-7H,2-4H2,1H3. The minimum absolute atomic E-state index is 0.0877. The number of alkyl halides is 4. The zero-order chi connectivity index (χ0) is 15.8. The Bertz CT molecular complexity index is 650. The zero-order valence-electron chi connectivity index (χ0n) is 11.0. The summed E-state index contributed by atoms with van der Waals surface area (Å²) in [5.41, 5.74) is 0.803. The van der Waals surface area contributed by atoms with Gasteiger partial charge in [0, 0.05) is 19.0 Å². The van der Waals surface area contributed by atoms with E-state index < -0.39 is 23.8 Å². The van der Waals surface area contributed by atoms with Crippen LogP contribution in [0.2, 0.25) is 5.02 Å². The second kappa shape index (κ2) is 6.01. The number of hydrogen-bond acceptors (Lipinski definition) is 1. The van der Waals surface area contributed by atoms with Crippen molar-refractivity contribution in [3.05, 3.63) is 28.8 Å². The molecule has 116 valence electrons. The highest BCUT2D eigenvalue weighted by Crippen LogP contribution is 2.29. The van der Waals surface area contributed by atoms with Crippen molar-refractivity contribution in [2.24, 2.45) is 0 Å². The van der Waals surface area contributed by atoms with Crippen LogP contribution in [0.1, 0.15) is 31.0 Å². The Kier molecular flexibility index (Phi) is 4.68. The first-order chi connectivity index (χ1) is 9.69. The molecule has 0 N–H and O–H groups in total. The Morgan fingerprint density at radius 3 is 2.57 bits per heavy atom. The molecule has 0 radical (unpaired) electrons. The third kappa shape index (κ3) is 3.80. The fourth-order valence-electron chi connectivity index (χ4n) is 2.12. The molecule has 1 unspecified atom stereocenters. The van der Waals surface area contributed by atoms with E-state index in [1.165, 1.54) is 6.07 Å². The van der Waals surface area contributed by atoms with Crippen molar-refractivity contribution < 1.29 is 17.6 Å². The molecule has 0 bridgehead atoms. The lowest BCUT2D eigenvalue weighted by molar-refractivity contribution is -0.135. The SMILES string of the molecule is CC(Cl)c1nc2cc(F)c(Cl)cc2n1CCCC(F)(F)F. The van der Waals surface area contributed by atoms with Gasteiger partial charge < -0.3 is 4.57 Å². The lowest BCUT2D eigenvalue weighted by atomic mass is 10.2. The molecule has 1 aromatic carbocycles. The van der Waals surface area contributed by atoms with Crippen LogP contribution in [-0.4, -0.2) is 15.7 Å². The lowest BCUT2D eigenvalue weighted by Gasteiger charge is -2.11. The molecule has 21 heavy (non-hydrogen) atoms. The second-order valence-electron chi connectivity index (χ2n) is 4.71. The molecule has 0 spiro atoms. The fourth-order valence-corrected chi connectivity index (χ4v) is 2.44. The predicted octanol–water partition coefficient (Wildman–Crippen LogP) is 5.47. The van der Waals surface area contributed by atoms with Gasteiger partial charge in [-0.3, -0.25) is 0 Å². The maximum Gasteiger partial charge on any atom is 0.389 e. The summed E-state index contributed by atoms with van der Waals surface area (Å²) in [5, 5.41) is -0.613. The number of hydrogen-bond donors (Lipinski definition) is 0. The first-order valence-electron chi connectivity index (χ1n) is 6.25. The van der Waals surface area contributed by atoms with Crippen LogP contribution < -0.4 is 0 Å². The second-order valence-corrected chi connectivity index (χ2v) is 5.77. The highest BCUT2D eigenvalue weighted by Gasteiger charge is 2.26. The van der Waals surface area contributed by atoms with Gasteiger partial charge >= 0.3 is 6.18 Å². The number of rotatable bonds is 4. The first kappa shape index (κ1) is 16.4. The summed E-state index contributed by atoms with van der Waals surface area (Å²) in [6.07, 6.45) is -5.23. The predicted molar refractivity (Wildman–Crippen MR) is 74.3 cm³/mol. The van der Waals surface area contributed by atoms with E-state index in [-0.39, 0.29) is 18.0 Å². The van der Waals surface area contributed by atoms with E-state index in [2.05, 4.69) is 4.98 Å². The summed E-state index contributed by atoms with van der Waals surface area (Å²) in [5.74, 6) is -0.228. The summed E-state index contributed by atoms with van der Waals surface area (Å²) in [7, 11) is 0. The Labute approximate surface area is 128 Å². The molecule has 0 aliphatic heterocycles. The van der Waals surface area contributed by atoms with Gasteiger partial charge in [-0.05, 0) is 19.4 Å². The Morgan fingerprint density at radius 1 is 1.33 bits per heavy atom. The Balaban J connectivity index is 2.39. The number of imidazole rings is 1. The van der Waals surface area contributed by atoms with Gasteiger partial charge in [0.1, 0.15) is 11.6 Å². The summed E-state index contributed by atoms with van der Waals surface area (Å²) >= 11 is 11.7. The largest absolute Gasteiger partial charge is 0.389 e. The summed E-state index contributed by atoms with van der Waals surface area (Å²) < 4.78 is 51.8. The molecule has 0 amide bonds. The van der Waals surface area contributed by atoms with Gasteiger partial charge in [0.05, 0.1) is 21.4 Å². The van der Waals surface area contributed by atoms with E-state index in [9.17, 15) is 17.6 Å². The molecular formula is C13H12Cl2F4N2. The van der Waals surface area contributed by atoms with E-state index in [1.807, 2.05) is 0 Å². The van der Waals surface area contributed by atoms with E-state index in [4.69, 9.17) is 23.2 Å². The summed E-state index contributed by atoms with van der Waals surface area (Å²) in [4.78, 5) is 4.18. The highest BCUT2D eigenvalue weighted by molar-refractivity contribution is 6.31. The molecule has 1 aromatic heterocycles. The van der Waals surface area contributed by atoms with E-state index in [0.717, 1.165) is 6.07 Å². The van der Waals surface area contributed by atoms with Gasteiger partial charge in [-0.25, -0.2) is 9.37 Å². The molecule has 0 aliphatic carbocycles.